The molecule has 0 aliphatic rings. The molecule has 0 aromatic heterocycles. The number of nitrogens with two attached hydrogens (primary N) is 1. The van der Waals surface area contributed by atoms with Gasteiger partial charge in [-0.15, -0.1) is 0 Å². The van der Waals surface area contributed by atoms with Crippen molar-refractivity contribution in [3.8, 4) is 0 Å². The highest BCUT2D eigenvalue weighted by Crippen LogP contribution is 2.20. The van der Waals surface area contributed by atoms with E-state index in [-0.39, 0.29) is 10.6 Å². The van der Waals surface area contributed by atoms with E-state index >= 15 is 0 Å². The van der Waals surface area contributed by atoms with Gasteiger partial charge in [0, 0.05) is 11.8 Å². The summed E-state index contributed by atoms with van der Waals surface area (Å²) in [6.45, 7) is 1.55. The summed E-state index contributed by atoms with van der Waals surface area (Å²) in [6, 6.07) is 16.9. The molecule has 0 radical (unpaired) electrons. The van der Waals surface area contributed by atoms with Crippen LogP contribution in [0.3, 0.4) is 0 Å². The van der Waals surface area contributed by atoms with Gasteiger partial charge in [0.2, 0.25) is 5.91 Å². The van der Waals surface area contributed by atoms with Crippen molar-refractivity contribution >= 4 is 39.1 Å². The quantitative estimate of drug-likeness (QED) is 0.408. The Labute approximate surface area is 174 Å². The number of para-hydroxylation sites is 2. The van der Waals surface area contributed by atoms with Gasteiger partial charge in [0.05, 0.1) is 16.3 Å². The molecule has 0 spiro atoms. The molecular formula is C22H20FN3O3S. The number of carbonyl (C=O) groups is 1. The maximum absolute atomic E-state index is 13.4. The molecule has 3 aromatic carbocycles. The standard InChI is InChI=1S/C22H20FN3O3S/c1-15-13-17(10-11-19(15)23)26-30(28,29)18-6-4-5-16(14-18)9-12-22(27)25-21-8-3-2-7-20(21)24/h2-14,26H,24H2,1H3,(H,25,27)/b12-9+. The van der Waals surface area contributed by atoms with Gasteiger partial charge in [0.25, 0.3) is 10.0 Å². The van der Waals surface area contributed by atoms with Crippen LogP contribution >= 0.6 is 0 Å². The van der Waals surface area contributed by atoms with E-state index in [0.29, 0.717) is 22.5 Å². The van der Waals surface area contributed by atoms with Crippen molar-refractivity contribution in [1.82, 2.24) is 0 Å². The molecule has 0 aliphatic carbocycles. The van der Waals surface area contributed by atoms with Crippen LogP contribution in [-0.4, -0.2) is 14.3 Å². The van der Waals surface area contributed by atoms with Crippen LogP contribution in [0.1, 0.15) is 11.1 Å². The van der Waals surface area contributed by atoms with E-state index in [0.717, 1.165) is 0 Å². The second-order valence-corrected chi connectivity index (χ2v) is 8.23. The Bertz CT molecular complexity index is 1220. The Kier molecular flexibility index (Phi) is 6.17. The van der Waals surface area contributed by atoms with Crippen molar-refractivity contribution < 1.29 is 17.6 Å². The Morgan fingerprint density at radius 2 is 1.80 bits per heavy atom. The second-order valence-electron chi connectivity index (χ2n) is 6.55. The Hall–Kier alpha value is -3.65. The first-order valence-electron chi connectivity index (χ1n) is 8.97. The van der Waals surface area contributed by atoms with Gasteiger partial charge >= 0.3 is 0 Å². The summed E-state index contributed by atoms with van der Waals surface area (Å²) >= 11 is 0. The molecule has 1 amide bonds. The number of rotatable bonds is 6. The van der Waals surface area contributed by atoms with Crippen LogP contribution in [-0.2, 0) is 14.8 Å². The van der Waals surface area contributed by atoms with Crippen molar-refractivity contribution in [2.45, 2.75) is 11.8 Å². The molecule has 30 heavy (non-hydrogen) atoms. The molecule has 3 rings (SSSR count). The molecule has 0 bridgehead atoms. The van der Waals surface area contributed by atoms with Crippen LogP contribution < -0.4 is 15.8 Å². The molecule has 0 unspecified atom stereocenters. The van der Waals surface area contributed by atoms with Crippen LogP contribution in [0.15, 0.2) is 77.7 Å². The van der Waals surface area contributed by atoms with Crippen LogP contribution in [0.5, 0.6) is 0 Å². The fraction of sp³-hybridized carbons (Fsp3) is 0.0455. The third kappa shape index (κ3) is 5.24. The molecule has 0 atom stereocenters. The smallest absolute Gasteiger partial charge is 0.261 e. The average molecular weight is 425 g/mol. The summed E-state index contributed by atoms with van der Waals surface area (Å²) in [5.74, 6) is -0.818. The number of aryl methyl sites for hydroxylation is 1. The summed E-state index contributed by atoms with van der Waals surface area (Å²) in [6.07, 6.45) is 2.78. The summed E-state index contributed by atoms with van der Waals surface area (Å²) in [5.41, 5.74) is 7.83. The maximum atomic E-state index is 13.4. The number of carbonyl (C=O) groups excluding carboxylic acids is 1. The number of hydrogen-bond acceptors (Lipinski definition) is 4. The van der Waals surface area contributed by atoms with Gasteiger partial charge < -0.3 is 11.1 Å². The lowest BCUT2D eigenvalue weighted by Gasteiger charge is -2.09. The summed E-state index contributed by atoms with van der Waals surface area (Å²) < 4.78 is 41.1. The Balaban J connectivity index is 1.74. The minimum Gasteiger partial charge on any atom is -0.397 e. The van der Waals surface area contributed by atoms with Gasteiger partial charge in [0.1, 0.15) is 5.82 Å². The minimum absolute atomic E-state index is 0.0133. The summed E-state index contributed by atoms with van der Waals surface area (Å²) in [7, 11) is -3.88. The molecular weight excluding hydrogens is 405 g/mol. The molecule has 4 N–H and O–H groups in total. The van der Waals surface area contributed by atoms with Gasteiger partial charge in [0.15, 0.2) is 0 Å². The molecule has 0 saturated carbocycles. The fourth-order valence-corrected chi connectivity index (χ4v) is 3.77. The zero-order valence-corrected chi connectivity index (χ0v) is 16.9. The van der Waals surface area contributed by atoms with Crippen LogP contribution in [0, 0.1) is 12.7 Å². The van der Waals surface area contributed by atoms with Gasteiger partial charge in [-0.1, -0.05) is 24.3 Å². The average Bonchev–Trinajstić information content (AvgIpc) is 2.71. The van der Waals surface area contributed by atoms with Crippen molar-refractivity contribution in [1.29, 1.82) is 0 Å². The third-order valence-corrected chi connectivity index (χ3v) is 5.60. The van der Waals surface area contributed by atoms with Crippen molar-refractivity contribution in [2.24, 2.45) is 0 Å². The minimum atomic E-state index is -3.88. The van der Waals surface area contributed by atoms with Crippen molar-refractivity contribution in [3.63, 3.8) is 0 Å². The molecule has 0 saturated heterocycles. The van der Waals surface area contributed by atoms with E-state index in [2.05, 4.69) is 10.0 Å². The lowest BCUT2D eigenvalue weighted by atomic mass is 10.2. The van der Waals surface area contributed by atoms with Crippen LogP contribution in [0.2, 0.25) is 0 Å². The topological polar surface area (TPSA) is 101 Å². The number of anilines is 3. The number of benzene rings is 3. The summed E-state index contributed by atoms with van der Waals surface area (Å²) in [4.78, 5) is 12.1. The van der Waals surface area contributed by atoms with E-state index in [9.17, 15) is 17.6 Å². The number of sulfonamides is 1. The Morgan fingerprint density at radius 3 is 2.53 bits per heavy atom. The lowest BCUT2D eigenvalue weighted by molar-refractivity contribution is -0.111. The molecule has 0 aliphatic heterocycles. The number of nitrogens with one attached hydrogen (secondary N) is 2. The van der Waals surface area contributed by atoms with Crippen LogP contribution in [0.4, 0.5) is 21.5 Å². The largest absolute Gasteiger partial charge is 0.397 e. The highest BCUT2D eigenvalue weighted by Gasteiger charge is 2.15. The predicted octanol–water partition coefficient (Wildman–Crippen LogP) is 4.17. The monoisotopic (exact) mass is 425 g/mol. The first-order valence-corrected chi connectivity index (χ1v) is 10.5. The fourth-order valence-electron chi connectivity index (χ4n) is 2.66. The number of hydrogen-bond donors (Lipinski definition) is 3. The van der Waals surface area contributed by atoms with E-state index in [1.165, 1.54) is 42.5 Å². The van der Waals surface area contributed by atoms with Crippen molar-refractivity contribution in [2.75, 3.05) is 15.8 Å². The molecule has 8 heteroatoms. The predicted molar refractivity (Wildman–Crippen MR) is 117 cm³/mol. The van der Waals surface area contributed by atoms with Gasteiger partial charge in [-0.05, 0) is 66.6 Å². The van der Waals surface area contributed by atoms with E-state index in [4.69, 9.17) is 5.73 Å². The van der Waals surface area contributed by atoms with Gasteiger partial charge in [-0.2, -0.15) is 0 Å². The summed E-state index contributed by atoms with van der Waals surface area (Å²) in [5, 5.41) is 2.66. The van der Waals surface area contributed by atoms with E-state index in [1.807, 2.05) is 0 Å². The van der Waals surface area contributed by atoms with Crippen molar-refractivity contribution in [3.05, 3.63) is 89.8 Å². The zero-order valence-electron chi connectivity index (χ0n) is 16.1. The second kappa shape index (κ2) is 8.79. The third-order valence-electron chi connectivity index (χ3n) is 4.22. The van der Waals surface area contributed by atoms with Gasteiger partial charge in [-0.3, -0.25) is 9.52 Å². The van der Waals surface area contributed by atoms with E-state index in [1.54, 1.807) is 43.3 Å². The highest BCUT2D eigenvalue weighted by atomic mass is 32.2. The molecule has 3 aromatic rings. The first kappa shape index (κ1) is 21.1. The number of nitrogen functional groups attached to an aromatic ring is 1. The van der Waals surface area contributed by atoms with Crippen LogP contribution in [0.25, 0.3) is 6.08 Å². The molecule has 0 heterocycles. The highest BCUT2D eigenvalue weighted by molar-refractivity contribution is 7.92. The molecule has 0 fully saturated rings. The molecule has 154 valence electrons. The Morgan fingerprint density at radius 1 is 1.03 bits per heavy atom. The van der Waals surface area contributed by atoms with Gasteiger partial charge in [-0.25, -0.2) is 12.8 Å². The lowest BCUT2D eigenvalue weighted by Crippen LogP contribution is -2.13. The SMILES string of the molecule is Cc1cc(NS(=O)(=O)c2cccc(/C=C/C(=O)Nc3ccccc3N)c2)ccc1F. The van der Waals surface area contributed by atoms with E-state index < -0.39 is 21.7 Å². The maximum Gasteiger partial charge on any atom is 0.261 e. The first-order chi connectivity index (χ1) is 14.2. The number of amides is 1. The zero-order chi connectivity index (χ0) is 21.7. The normalized spacial score (nSPS) is 11.4. The number of halogens is 1. The molecule has 6 nitrogen and oxygen atoms in total.